The van der Waals surface area contributed by atoms with E-state index in [9.17, 15) is 9.59 Å². The van der Waals surface area contributed by atoms with E-state index in [1.165, 1.54) is 0 Å². The third kappa shape index (κ3) is 3.68. The minimum absolute atomic E-state index is 0.141. The van der Waals surface area contributed by atoms with Crippen LogP contribution in [0.15, 0.2) is 42.5 Å². The second-order valence-electron chi connectivity index (χ2n) is 6.32. The predicted octanol–water partition coefficient (Wildman–Crippen LogP) is 3.06. The van der Waals surface area contributed by atoms with Gasteiger partial charge < -0.3 is 14.0 Å². The van der Waals surface area contributed by atoms with Gasteiger partial charge in [0.1, 0.15) is 23.9 Å². The van der Waals surface area contributed by atoms with Gasteiger partial charge in [-0.25, -0.2) is 4.98 Å². The first-order valence-electron chi connectivity index (χ1n) is 9.13. The number of nitrogens with zero attached hydrogens (tertiary/aromatic N) is 2. The summed E-state index contributed by atoms with van der Waals surface area (Å²) in [6.45, 7) is 0.294. The van der Waals surface area contributed by atoms with Gasteiger partial charge in [-0.15, -0.1) is 0 Å². The van der Waals surface area contributed by atoms with E-state index < -0.39 is 16.4 Å². The molecule has 1 aliphatic heterocycles. The Bertz CT molecular complexity index is 1100. The maximum absolute atomic E-state index is 11.8. The number of amides is 2. The molecule has 28 heavy (non-hydrogen) atoms. The maximum atomic E-state index is 11.8. The molecule has 1 N–H and O–H groups in total. The lowest BCUT2D eigenvalue weighted by Gasteiger charge is -2.09. The normalized spacial score (nSPS) is 19.6. The highest BCUT2D eigenvalue weighted by atomic mass is 32.2. The molecule has 0 saturated carbocycles. The van der Waals surface area contributed by atoms with Crippen molar-refractivity contribution < 1.29 is 20.4 Å². The molecule has 4 rings (SSSR count). The van der Waals surface area contributed by atoms with Gasteiger partial charge in [0.05, 0.1) is 24.7 Å². The van der Waals surface area contributed by atoms with Gasteiger partial charge in [-0.05, 0) is 36.2 Å². The third-order valence-electron chi connectivity index (χ3n) is 4.52. The number of imidazole rings is 1. The van der Waals surface area contributed by atoms with Crippen LogP contribution < -0.4 is 14.8 Å². The number of fused-ring (bicyclic) bond motifs is 1. The van der Waals surface area contributed by atoms with E-state index >= 15 is 0 Å². The molecular weight excluding hydrogens is 378 g/mol. The van der Waals surface area contributed by atoms with Gasteiger partial charge in [0.15, 0.2) is 0 Å². The summed E-state index contributed by atoms with van der Waals surface area (Å²) >= 11 is 0.705. The highest BCUT2D eigenvalue weighted by Crippen LogP contribution is 2.25. The molecule has 0 unspecified atom stereocenters. The number of methoxy groups -OCH3 is 1. The van der Waals surface area contributed by atoms with Crippen molar-refractivity contribution in [1.29, 1.82) is 0 Å². The van der Waals surface area contributed by atoms with Crippen molar-refractivity contribution in [2.75, 3.05) is 7.11 Å². The fourth-order valence-corrected chi connectivity index (χ4v) is 3.73. The molecule has 1 aliphatic rings. The number of carbonyl (C=O) groups is 2. The number of ether oxygens (including phenoxy) is 2. The monoisotopic (exact) mass is 398 g/mol. The first kappa shape index (κ1) is 17.1. The van der Waals surface area contributed by atoms with Crippen molar-refractivity contribution in [3.8, 4) is 11.5 Å². The standard InChI is InChI=1S/C20H19N3O4S/c1-23-16-10-14(26-2)7-8-15(16)21-18(23)11-27-13-5-3-12(4-6-13)9-17-19(24)22-20(25)28-17/h3-8,10,17H,9,11H2,1-2H3,(H,22,24,25)/t17-/m0/s1/i17D. The Hall–Kier alpha value is -3.00. The molecule has 1 fully saturated rings. The Morgan fingerprint density at radius 2 is 1.96 bits per heavy atom. The zero-order chi connectivity index (χ0) is 20.6. The molecule has 1 aromatic heterocycles. The number of thioether (sulfide) groups is 1. The molecule has 1 atom stereocenters. The van der Waals surface area contributed by atoms with Crippen LogP contribution in [0.1, 0.15) is 12.8 Å². The van der Waals surface area contributed by atoms with Crippen LogP contribution in [0.4, 0.5) is 4.79 Å². The van der Waals surface area contributed by atoms with Gasteiger partial charge in [0.25, 0.3) is 5.24 Å². The van der Waals surface area contributed by atoms with Crippen LogP contribution in [0.25, 0.3) is 11.0 Å². The fraction of sp³-hybridized carbons (Fsp3) is 0.250. The average Bonchev–Trinajstić information content (AvgIpc) is 3.15. The lowest BCUT2D eigenvalue weighted by Crippen LogP contribution is -2.25. The molecule has 3 aromatic rings. The predicted molar refractivity (Wildman–Crippen MR) is 107 cm³/mol. The van der Waals surface area contributed by atoms with Gasteiger partial charge in [-0.3, -0.25) is 14.9 Å². The Morgan fingerprint density at radius 3 is 2.64 bits per heavy atom. The highest BCUT2D eigenvalue weighted by molar-refractivity contribution is 8.15. The maximum Gasteiger partial charge on any atom is 0.286 e. The number of hydrogen-bond donors (Lipinski definition) is 1. The molecule has 0 spiro atoms. The van der Waals surface area contributed by atoms with Gasteiger partial charge in [-0.1, -0.05) is 23.9 Å². The molecule has 1 saturated heterocycles. The second-order valence-corrected chi connectivity index (χ2v) is 7.39. The number of benzene rings is 2. The molecule has 0 aliphatic carbocycles. The minimum atomic E-state index is -1.52. The molecule has 2 aromatic carbocycles. The topological polar surface area (TPSA) is 82.4 Å². The number of carbonyl (C=O) groups excluding carboxylic acids is 2. The minimum Gasteiger partial charge on any atom is -0.497 e. The zero-order valence-electron chi connectivity index (χ0n) is 16.4. The van der Waals surface area contributed by atoms with Crippen LogP contribution >= 0.6 is 11.8 Å². The average molecular weight is 398 g/mol. The number of aryl methyl sites for hydroxylation is 1. The fourth-order valence-electron chi connectivity index (χ4n) is 2.97. The van der Waals surface area contributed by atoms with Crippen LogP contribution in [0.2, 0.25) is 0 Å². The number of rotatable bonds is 6. The zero-order valence-corrected chi connectivity index (χ0v) is 16.2. The molecule has 2 amide bonds. The van der Waals surface area contributed by atoms with E-state index in [0.29, 0.717) is 24.1 Å². The van der Waals surface area contributed by atoms with Crippen LogP contribution in [0.3, 0.4) is 0 Å². The van der Waals surface area contributed by atoms with Gasteiger partial charge in [0.2, 0.25) is 5.91 Å². The summed E-state index contributed by atoms with van der Waals surface area (Å²) in [7, 11) is 3.55. The quantitative estimate of drug-likeness (QED) is 0.687. The molecule has 7 nitrogen and oxygen atoms in total. The lowest BCUT2D eigenvalue weighted by molar-refractivity contribution is -0.118. The number of nitrogens with one attached hydrogen (secondary N) is 1. The number of aromatic nitrogens is 2. The van der Waals surface area contributed by atoms with Crippen molar-refractivity contribution in [2.24, 2.45) is 7.05 Å². The molecule has 0 bridgehead atoms. The molecule has 0 radical (unpaired) electrons. The summed E-state index contributed by atoms with van der Waals surface area (Å²) < 4.78 is 21.3. The largest absolute Gasteiger partial charge is 0.497 e. The summed E-state index contributed by atoms with van der Waals surface area (Å²) in [6.07, 6.45) is 0.141. The molecule has 8 heteroatoms. The second kappa shape index (κ2) is 7.55. The lowest BCUT2D eigenvalue weighted by atomic mass is 10.1. The van der Waals surface area contributed by atoms with E-state index in [0.717, 1.165) is 28.2 Å². The van der Waals surface area contributed by atoms with E-state index in [1.54, 1.807) is 31.4 Å². The summed E-state index contributed by atoms with van der Waals surface area (Å²) in [5.74, 6) is 1.62. The highest BCUT2D eigenvalue weighted by Gasteiger charge is 2.31. The molecular formula is C20H19N3O4S. The van der Waals surface area contributed by atoms with Crippen molar-refractivity contribution in [3.05, 3.63) is 53.9 Å². The summed E-state index contributed by atoms with van der Waals surface area (Å²) in [4.78, 5) is 27.7. The van der Waals surface area contributed by atoms with Crippen LogP contribution in [0, 0.1) is 0 Å². The van der Waals surface area contributed by atoms with Gasteiger partial charge in [0, 0.05) is 13.1 Å². The Balaban J connectivity index is 1.43. The summed E-state index contributed by atoms with van der Waals surface area (Å²) in [5, 5.41) is 0.155. The van der Waals surface area contributed by atoms with Crippen molar-refractivity contribution in [3.63, 3.8) is 0 Å². The summed E-state index contributed by atoms with van der Waals surface area (Å²) in [5.41, 5.74) is 2.60. The SMILES string of the molecule is [2H][C@@]1(Cc2ccc(OCc3nc4ccc(OC)cc4n3C)cc2)SC(=O)NC1=O. The van der Waals surface area contributed by atoms with E-state index in [-0.39, 0.29) is 6.42 Å². The van der Waals surface area contributed by atoms with E-state index in [4.69, 9.17) is 10.8 Å². The number of imide groups is 1. The summed E-state index contributed by atoms with van der Waals surface area (Å²) in [6, 6.07) is 12.9. The molecule has 144 valence electrons. The first-order valence-corrected chi connectivity index (χ1v) is 9.45. The third-order valence-corrected chi connectivity index (χ3v) is 5.38. The van der Waals surface area contributed by atoms with Gasteiger partial charge in [-0.2, -0.15) is 0 Å². The van der Waals surface area contributed by atoms with Crippen LogP contribution in [0.5, 0.6) is 11.5 Å². The van der Waals surface area contributed by atoms with Crippen molar-refractivity contribution in [2.45, 2.75) is 18.3 Å². The Labute approximate surface area is 167 Å². The Kier molecular flexibility index (Phi) is 4.62. The van der Waals surface area contributed by atoms with Crippen LogP contribution in [-0.2, 0) is 24.9 Å². The van der Waals surface area contributed by atoms with Crippen molar-refractivity contribution >= 4 is 33.9 Å². The van der Waals surface area contributed by atoms with E-state index in [2.05, 4.69) is 10.3 Å². The van der Waals surface area contributed by atoms with Crippen molar-refractivity contribution in [1.82, 2.24) is 14.9 Å². The van der Waals surface area contributed by atoms with Gasteiger partial charge >= 0.3 is 0 Å². The Morgan fingerprint density at radius 1 is 1.21 bits per heavy atom. The van der Waals surface area contributed by atoms with Crippen LogP contribution in [-0.4, -0.2) is 33.0 Å². The number of hydrogen-bond acceptors (Lipinski definition) is 6. The first-order chi connectivity index (χ1) is 13.9. The molecule has 2 heterocycles. The smallest absolute Gasteiger partial charge is 0.286 e. The van der Waals surface area contributed by atoms with E-state index in [1.807, 2.05) is 29.8 Å².